The highest BCUT2D eigenvalue weighted by molar-refractivity contribution is 5.78. The molecule has 0 saturated carbocycles. The first-order valence-electron chi connectivity index (χ1n) is 6.83. The van der Waals surface area contributed by atoms with Crippen LogP contribution in [0.2, 0.25) is 0 Å². The van der Waals surface area contributed by atoms with E-state index in [1.54, 1.807) is 6.07 Å². The van der Waals surface area contributed by atoms with E-state index in [1.165, 1.54) is 12.3 Å². The first-order chi connectivity index (χ1) is 10.1. The topological polar surface area (TPSA) is 31.9 Å². The van der Waals surface area contributed by atoms with Crippen LogP contribution in [0.25, 0.3) is 11.0 Å². The van der Waals surface area contributed by atoms with E-state index < -0.39 is 0 Å². The van der Waals surface area contributed by atoms with Gasteiger partial charge in [-0.2, -0.15) is 0 Å². The average Bonchev–Trinajstić information content (AvgIpc) is 2.90. The summed E-state index contributed by atoms with van der Waals surface area (Å²) in [5, 5.41) is 0.475. The fraction of sp³-hybridized carbons (Fsp3) is 0.235. The summed E-state index contributed by atoms with van der Waals surface area (Å²) < 4.78 is 13.6. The van der Waals surface area contributed by atoms with Gasteiger partial charge >= 0.3 is 0 Å². The zero-order valence-electron chi connectivity index (χ0n) is 12.0. The predicted octanol–water partition coefficient (Wildman–Crippen LogP) is 2.87. The third kappa shape index (κ3) is 2.88. The minimum absolute atomic E-state index is 0.282. The van der Waals surface area contributed by atoms with Gasteiger partial charge in [-0.05, 0) is 44.6 Å². The van der Waals surface area contributed by atoms with Crippen molar-refractivity contribution in [3.63, 3.8) is 0 Å². The summed E-state index contributed by atoms with van der Waals surface area (Å²) in [4.78, 5) is 9.28. The minimum Gasteiger partial charge on any atom is -0.333 e. The van der Waals surface area contributed by atoms with Crippen LogP contribution in [0.15, 0.2) is 42.1 Å². The Morgan fingerprint density at radius 2 is 2.24 bits per heavy atom. The Kier molecular flexibility index (Phi) is 3.59. The van der Waals surface area contributed by atoms with E-state index in [0.717, 1.165) is 12.0 Å². The monoisotopic (exact) mass is 281 g/mol. The number of hydrogen-bond acceptors (Lipinski definition) is 2. The lowest BCUT2D eigenvalue weighted by Crippen LogP contribution is -2.26. The molecule has 2 aromatic heterocycles. The lowest BCUT2D eigenvalue weighted by atomic mass is 10.0. The first kappa shape index (κ1) is 13.6. The number of nitrogens with one attached hydrogen (secondary N) is 1. The second-order valence-electron chi connectivity index (χ2n) is 5.27. The molecular formula is C17H16FN3. The highest BCUT2D eigenvalue weighted by Gasteiger charge is 2.09. The van der Waals surface area contributed by atoms with Crippen molar-refractivity contribution in [1.29, 1.82) is 0 Å². The largest absolute Gasteiger partial charge is 0.333 e. The molecular weight excluding hydrogens is 265 g/mol. The third-order valence-corrected chi connectivity index (χ3v) is 3.56. The number of nitrogens with zero attached hydrogens (tertiary/aromatic N) is 2. The molecule has 1 aliphatic rings. The minimum atomic E-state index is -0.282. The number of halogens is 1. The number of hydrogen-bond donors (Lipinski definition) is 1. The molecule has 0 spiro atoms. The van der Waals surface area contributed by atoms with Crippen molar-refractivity contribution in [2.75, 3.05) is 14.1 Å². The second-order valence-corrected chi connectivity index (χ2v) is 5.27. The SMILES string of the molecule is CN(C)C1C=CC(C#Cc2cc3c(F)ccnc3[nH]2)=CC1. The lowest BCUT2D eigenvalue weighted by Gasteiger charge is -2.21. The van der Waals surface area contributed by atoms with E-state index in [-0.39, 0.29) is 5.82 Å². The number of likely N-dealkylation sites (N-methyl/N-ethyl adjacent to an activating group) is 1. The summed E-state index contributed by atoms with van der Waals surface area (Å²) in [5.41, 5.74) is 2.19. The standard InChI is InChI=1S/C17H16FN3/c1-21(2)14-7-4-12(5-8-14)3-6-13-11-15-16(18)9-10-19-17(15)20-13/h4-5,7,9-11,14H,8H2,1-2H3,(H,19,20). The Labute approximate surface area is 123 Å². The van der Waals surface area contributed by atoms with Crippen molar-refractivity contribution in [2.24, 2.45) is 0 Å². The van der Waals surface area contributed by atoms with Crippen molar-refractivity contribution >= 4 is 11.0 Å². The molecule has 4 heteroatoms. The Bertz CT molecular complexity index is 787. The number of aromatic amines is 1. The van der Waals surface area contributed by atoms with E-state index in [2.05, 4.69) is 53.0 Å². The fourth-order valence-corrected chi connectivity index (χ4v) is 2.29. The second kappa shape index (κ2) is 5.55. The Morgan fingerprint density at radius 3 is 2.90 bits per heavy atom. The molecule has 106 valence electrons. The molecule has 3 rings (SSSR count). The molecule has 0 bridgehead atoms. The van der Waals surface area contributed by atoms with Crippen molar-refractivity contribution in [3.8, 4) is 11.8 Å². The molecule has 1 atom stereocenters. The number of fused-ring (bicyclic) bond motifs is 1. The lowest BCUT2D eigenvalue weighted by molar-refractivity contribution is 0.343. The predicted molar refractivity (Wildman–Crippen MR) is 82.2 cm³/mol. The molecule has 0 aliphatic heterocycles. The van der Waals surface area contributed by atoms with E-state index in [1.807, 2.05) is 6.08 Å². The van der Waals surface area contributed by atoms with Crippen LogP contribution in [0.5, 0.6) is 0 Å². The summed E-state index contributed by atoms with van der Waals surface area (Å²) >= 11 is 0. The van der Waals surface area contributed by atoms with Gasteiger partial charge in [-0.25, -0.2) is 9.37 Å². The molecule has 0 radical (unpaired) electrons. The quantitative estimate of drug-likeness (QED) is 0.815. The third-order valence-electron chi connectivity index (χ3n) is 3.56. The van der Waals surface area contributed by atoms with Gasteiger partial charge in [0, 0.05) is 17.8 Å². The Balaban J connectivity index is 1.81. The molecule has 21 heavy (non-hydrogen) atoms. The average molecular weight is 281 g/mol. The molecule has 0 fully saturated rings. The van der Waals surface area contributed by atoms with Crippen molar-refractivity contribution < 1.29 is 4.39 Å². The van der Waals surface area contributed by atoms with Crippen molar-refractivity contribution in [2.45, 2.75) is 12.5 Å². The van der Waals surface area contributed by atoms with Crippen LogP contribution < -0.4 is 0 Å². The first-order valence-corrected chi connectivity index (χ1v) is 6.83. The van der Waals surface area contributed by atoms with Crippen LogP contribution in [0.4, 0.5) is 4.39 Å². The maximum Gasteiger partial charge on any atom is 0.141 e. The smallest absolute Gasteiger partial charge is 0.141 e. The van der Waals surface area contributed by atoms with E-state index in [0.29, 0.717) is 22.8 Å². The summed E-state index contributed by atoms with van der Waals surface area (Å²) in [6.45, 7) is 0. The molecule has 0 saturated heterocycles. The summed E-state index contributed by atoms with van der Waals surface area (Å²) in [7, 11) is 4.12. The van der Waals surface area contributed by atoms with Crippen molar-refractivity contribution in [1.82, 2.24) is 14.9 Å². The molecule has 1 unspecified atom stereocenters. The van der Waals surface area contributed by atoms with Crippen LogP contribution in [0.3, 0.4) is 0 Å². The van der Waals surface area contributed by atoms with Gasteiger partial charge in [0.15, 0.2) is 0 Å². The molecule has 2 heterocycles. The normalized spacial score (nSPS) is 17.7. The maximum absolute atomic E-state index is 13.6. The van der Waals surface area contributed by atoms with Gasteiger partial charge in [0.1, 0.15) is 11.5 Å². The molecule has 1 N–H and O–H groups in total. The Morgan fingerprint density at radius 1 is 1.38 bits per heavy atom. The van der Waals surface area contributed by atoms with E-state index in [9.17, 15) is 4.39 Å². The summed E-state index contributed by atoms with van der Waals surface area (Å²) in [6, 6.07) is 3.48. The molecule has 2 aromatic rings. The molecule has 0 aromatic carbocycles. The van der Waals surface area contributed by atoms with Gasteiger partial charge in [0.25, 0.3) is 0 Å². The van der Waals surface area contributed by atoms with Crippen LogP contribution in [-0.2, 0) is 0 Å². The maximum atomic E-state index is 13.6. The van der Waals surface area contributed by atoms with Crippen LogP contribution in [0, 0.1) is 17.7 Å². The van der Waals surface area contributed by atoms with Gasteiger partial charge < -0.3 is 9.88 Å². The zero-order chi connectivity index (χ0) is 14.8. The zero-order valence-corrected chi connectivity index (χ0v) is 12.0. The van der Waals surface area contributed by atoms with Crippen LogP contribution in [0.1, 0.15) is 12.1 Å². The number of rotatable bonds is 1. The number of H-pyrrole nitrogens is 1. The van der Waals surface area contributed by atoms with Crippen LogP contribution >= 0.6 is 0 Å². The van der Waals surface area contributed by atoms with E-state index in [4.69, 9.17) is 0 Å². The number of aromatic nitrogens is 2. The van der Waals surface area contributed by atoms with Gasteiger partial charge in [-0.1, -0.05) is 18.1 Å². The molecule has 3 nitrogen and oxygen atoms in total. The van der Waals surface area contributed by atoms with Gasteiger partial charge in [-0.3, -0.25) is 0 Å². The molecule has 1 aliphatic carbocycles. The summed E-state index contributed by atoms with van der Waals surface area (Å²) in [5.74, 6) is 5.85. The van der Waals surface area contributed by atoms with Crippen LogP contribution in [-0.4, -0.2) is 35.0 Å². The van der Waals surface area contributed by atoms with Crippen molar-refractivity contribution in [3.05, 3.63) is 53.6 Å². The van der Waals surface area contributed by atoms with Gasteiger partial charge in [-0.15, -0.1) is 0 Å². The van der Waals surface area contributed by atoms with Gasteiger partial charge in [0.2, 0.25) is 0 Å². The highest BCUT2D eigenvalue weighted by Crippen LogP contribution is 2.16. The Hall–Kier alpha value is -2.38. The number of pyridine rings is 1. The fourth-order valence-electron chi connectivity index (χ4n) is 2.29. The highest BCUT2D eigenvalue weighted by atomic mass is 19.1. The summed E-state index contributed by atoms with van der Waals surface area (Å²) in [6.07, 6.45) is 8.70. The number of allylic oxidation sites excluding steroid dienone is 2. The van der Waals surface area contributed by atoms with Gasteiger partial charge in [0.05, 0.1) is 11.1 Å². The van der Waals surface area contributed by atoms with E-state index >= 15 is 0 Å². The molecule has 0 amide bonds.